The molecular weight excluding hydrogens is 342 g/mol. The van der Waals surface area contributed by atoms with E-state index in [0.717, 1.165) is 36.1 Å². The van der Waals surface area contributed by atoms with E-state index in [2.05, 4.69) is 4.90 Å². The Hall–Kier alpha value is -1.50. The molecule has 1 aliphatic rings. The molecule has 1 fully saturated rings. The molecule has 3 nitrogen and oxygen atoms in total. The first-order valence-electron chi connectivity index (χ1n) is 7.24. The highest BCUT2D eigenvalue weighted by atomic mass is 35.5. The number of thiophene rings is 1. The van der Waals surface area contributed by atoms with Crippen LogP contribution in [0.2, 0.25) is 4.34 Å². The topological polar surface area (TPSA) is 23.6 Å². The lowest BCUT2D eigenvalue weighted by atomic mass is 10.1. The van der Waals surface area contributed by atoms with Gasteiger partial charge in [-0.2, -0.15) is 0 Å². The second-order valence-corrected chi connectivity index (χ2v) is 7.20. The quantitative estimate of drug-likeness (QED) is 0.838. The van der Waals surface area contributed by atoms with Crippen molar-refractivity contribution in [3.05, 3.63) is 56.7 Å². The summed E-state index contributed by atoms with van der Waals surface area (Å²) in [7, 11) is 0. The molecule has 0 atom stereocenters. The summed E-state index contributed by atoms with van der Waals surface area (Å²) < 4.78 is 27.0. The lowest BCUT2D eigenvalue weighted by molar-refractivity contribution is 0.0629. The molecule has 1 amide bonds. The van der Waals surface area contributed by atoms with Gasteiger partial charge in [-0.25, -0.2) is 8.78 Å². The Morgan fingerprint density at radius 1 is 1.09 bits per heavy atom. The number of piperazine rings is 1. The van der Waals surface area contributed by atoms with Crippen molar-refractivity contribution in [1.82, 2.24) is 9.80 Å². The fourth-order valence-corrected chi connectivity index (χ4v) is 3.71. The van der Waals surface area contributed by atoms with Crippen molar-refractivity contribution < 1.29 is 13.6 Å². The van der Waals surface area contributed by atoms with Crippen LogP contribution in [0, 0.1) is 11.6 Å². The van der Waals surface area contributed by atoms with Crippen molar-refractivity contribution in [3.8, 4) is 0 Å². The molecule has 1 aromatic heterocycles. The van der Waals surface area contributed by atoms with Crippen LogP contribution in [0.25, 0.3) is 0 Å². The van der Waals surface area contributed by atoms with Crippen LogP contribution in [-0.2, 0) is 6.54 Å². The van der Waals surface area contributed by atoms with Crippen molar-refractivity contribution >= 4 is 28.8 Å². The van der Waals surface area contributed by atoms with Crippen LogP contribution in [0.3, 0.4) is 0 Å². The van der Waals surface area contributed by atoms with Crippen LogP contribution < -0.4 is 0 Å². The van der Waals surface area contributed by atoms with Crippen LogP contribution in [0.15, 0.2) is 30.3 Å². The summed E-state index contributed by atoms with van der Waals surface area (Å²) in [6.07, 6.45) is 0. The molecule has 0 radical (unpaired) electrons. The molecule has 2 heterocycles. The van der Waals surface area contributed by atoms with E-state index in [-0.39, 0.29) is 11.5 Å². The number of halogens is 3. The fraction of sp³-hybridized carbons (Fsp3) is 0.312. The van der Waals surface area contributed by atoms with Crippen molar-refractivity contribution in [2.24, 2.45) is 0 Å². The minimum Gasteiger partial charge on any atom is -0.336 e. The van der Waals surface area contributed by atoms with Gasteiger partial charge < -0.3 is 4.90 Å². The molecule has 0 bridgehead atoms. The molecule has 0 saturated carbocycles. The molecule has 0 aliphatic carbocycles. The molecule has 23 heavy (non-hydrogen) atoms. The van der Waals surface area contributed by atoms with E-state index < -0.39 is 11.6 Å². The van der Waals surface area contributed by atoms with Gasteiger partial charge in [-0.1, -0.05) is 11.6 Å². The maximum Gasteiger partial charge on any atom is 0.254 e. The zero-order chi connectivity index (χ0) is 16.4. The molecule has 0 unspecified atom stereocenters. The Morgan fingerprint density at radius 2 is 1.83 bits per heavy atom. The van der Waals surface area contributed by atoms with Gasteiger partial charge in [0.05, 0.1) is 4.34 Å². The monoisotopic (exact) mass is 356 g/mol. The maximum atomic E-state index is 13.2. The standard InChI is InChI=1S/C16H15ClF2N2OS/c17-15-4-2-12(23-15)10-20-5-7-21(8-6-20)16(22)11-1-3-13(18)14(19)9-11/h1-4,9H,5-8,10H2. The highest BCUT2D eigenvalue weighted by molar-refractivity contribution is 7.16. The second-order valence-electron chi connectivity index (χ2n) is 5.40. The third-order valence-corrected chi connectivity index (χ3v) is 5.05. The number of hydrogen-bond donors (Lipinski definition) is 0. The van der Waals surface area contributed by atoms with E-state index in [1.54, 1.807) is 16.2 Å². The number of carbonyl (C=O) groups is 1. The number of carbonyl (C=O) groups excluding carboxylic acids is 1. The lowest BCUT2D eigenvalue weighted by Gasteiger charge is -2.34. The largest absolute Gasteiger partial charge is 0.336 e. The maximum absolute atomic E-state index is 13.2. The summed E-state index contributed by atoms with van der Waals surface area (Å²) in [5.41, 5.74) is 0.183. The van der Waals surface area contributed by atoms with Gasteiger partial charge in [0.25, 0.3) is 5.91 Å². The van der Waals surface area contributed by atoms with E-state index in [1.807, 2.05) is 12.1 Å². The number of hydrogen-bond acceptors (Lipinski definition) is 3. The predicted molar refractivity (Wildman–Crippen MR) is 86.9 cm³/mol. The molecule has 122 valence electrons. The predicted octanol–water partition coefficient (Wildman–Crippen LogP) is 3.64. The lowest BCUT2D eigenvalue weighted by Crippen LogP contribution is -2.48. The Balaban J connectivity index is 1.57. The van der Waals surface area contributed by atoms with E-state index >= 15 is 0 Å². The number of rotatable bonds is 3. The van der Waals surface area contributed by atoms with Crippen LogP contribution >= 0.6 is 22.9 Å². The van der Waals surface area contributed by atoms with Gasteiger partial charge in [0.15, 0.2) is 11.6 Å². The van der Waals surface area contributed by atoms with Crippen molar-refractivity contribution in [3.63, 3.8) is 0 Å². The molecule has 0 N–H and O–H groups in total. The molecule has 1 saturated heterocycles. The second kappa shape index (κ2) is 6.95. The van der Waals surface area contributed by atoms with Gasteiger partial charge in [0.2, 0.25) is 0 Å². The van der Waals surface area contributed by atoms with E-state index in [1.165, 1.54) is 10.9 Å². The summed E-state index contributed by atoms with van der Waals surface area (Å²) >= 11 is 7.48. The SMILES string of the molecule is O=C(c1ccc(F)c(F)c1)N1CCN(Cc2ccc(Cl)s2)CC1. The van der Waals surface area contributed by atoms with Gasteiger partial charge in [0, 0.05) is 43.2 Å². The first kappa shape index (κ1) is 16.4. The van der Waals surface area contributed by atoms with Gasteiger partial charge in [-0.05, 0) is 30.3 Å². The van der Waals surface area contributed by atoms with Crippen molar-refractivity contribution in [2.75, 3.05) is 26.2 Å². The first-order valence-corrected chi connectivity index (χ1v) is 8.43. The van der Waals surface area contributed by atoms with Crippen LogP contribution in [0.1, 0.15) is 15.2 Å². The van der Waals surface area contributed by atoms with Gasteiger partial charge >= 0.3 is 0 Å². The molecule has 2 aromatic rings. The van der Waals surface area contributed by atoms with Crippen LogP contribution in [0.4, 0.5) is 8.78 Å². The van der Waals surface area contributed by atoms with Crippen molar-refractivity contribution in [2.45, 2.75) is 6.54 Å². The summed E-state index contributed by atoms with van der Waals surface area (Å²) in [6.45, 7) is 3.42. The number of nitrogens with zero attached hydrogens (tertiary/aromatic N) is 2. The molecule has 3 rings (SSSR count). The smallest absolute Gasteiger partial charge is 0.254 e. The fourth-order valence-electron chi connectivity index (χ4n) is 2.58. The summed E-state index contributed by atoms with van der Waals surface area (Å²) in [5.74, 6) is -2.20. The minimum absolute atomic E-state index is 0.183. The molecule has 7 heteroatoms. The zero-order valence-corrected chi connectivity index (χ0v) is 13.8. The zero-order valence-electron chi connectivity index (χ0n) is 12.3. The number of amides is 1. The first-order chi connectivity index (χ1) is 11.0. The highest BCUT2D eigenvalue weighted by Crippen LogP contribution is 2.23. The third-order valence-electron chi connectivity index (χ3n) is 3.83. The molecular formula is C16H15ClF2N2OS. The van der Waals surface area contributed by atoms with Crippen LogP contribution in [0.5, 0.6) is 0 Å². The van der Waals surface area contributed by atoms with Crippen molar-refractivity contribution in [1.29, 1.82) is 0 Å². The summed E-state index contributed by atoms with van der Waals surface area (Å²) in [4.78, 5) is 17.4. The van der Waals surface area contributed by atoms with E-state index in [4.69, 9.17) is 11.6 Å². The van der Waals surface area contributed by atoms with Gasteiger partial charge in [0.1, 0.15) is 0 Å². The average Bonchev–Trinajstić information content (AvgIpc) is 2.95. The number of benzene rings is 1. The third kappa shape index (κ3) is 3.88. The molecule has 1 aromatic carbocycles. The molecule has 1 aliphatic heterocycles. The summed E-state index contributed by atoms with van der Waals surface area (Å²) in [6, 6.07) is 7.15. The van der Waals surface area contributed by atoms with Crippen LogP contribution in [-0.4, -0.2) is 41.9 Å². The normalized spacial score (nSPS) is 15.9. The average molecular weight is 357 g/mol. The van der Waals surface area contributed by atoms with E-state index in [9.17, 15) is 13.6 Å². The molecule has 0 spiro atoms. The van der Waals surface area contributed by atoms with Gasteiger partial charge in [-0.3, -0.25) is 9.69 Å². The van der Waals surface area contributed by atoms with Gasteiger partial charge in [-0.15, -0.1) is 11.3 Å². The minimum atomic E-state index is -0.996. The summed E-state index contributed by atoms with van der Waals surface area (Å²) in [5, 5.41) is 0. The van der Waals surface area contributed by atoms with E-state index in [0.29, 0.717) is 13.1 Å². The Morgan fingerprint density at radius 3 is 2.43 bits per heavy atom. The Kier molecular flexibility index (Phi) is 4.94. The Bertz CT molecular complexity index is 714. The Labute approximate surface area is 142 Å². The highest BCUT2D eigenvalue weighted by Gasteiger charge is 2.23.